The zero-order valence-corrected chi connectivity index (χ0v) is 20.9. The number of amides is 1. The highest BCUT2D eigenvalue weighted by Crippen LogP contribution is 2.26. The summed E-state index contributed by atoms with van der Waals surface area (Å²) in [6, 6.07) is 15.9. The Balaban J connectivity index is 1.41. The minimum absolute atomic E-state index is 0.145. The van der Waals surface area contributed by atoms with Crippen LogP contribution in [0.4, 0.5) is 0 Å². The van der Waals surface area contributed by atoms with Crippen molar-refractivity contribution < 1.29 is 23.2 Å². The van der Waals surface area contributed by atoms with E-state index in [1.54, 1.807) is 24.3 Å². The number of rotatable bonds is 9. The van der Waals surface area contributed by atoms with E-state index >= 15 is 0 Å². The lowest BCUT2D eigenvalue weighted by molar-refractivity contribution is -0.124. The van der Waals surface area contributed by atoms with Gasteiger partial charge in [0.25, 0.3) is 15.9 Å². The summed E-state index contributed by atoms with van der Waals surface area (Å²) in [5, 5.41) is 8.56. The first kappa shape index (κ1) is 25.6. The molecule has 0 saturated carbocycles. The smallest absolute Gasteiger partial charge is 0.267 e. The number of nitrogens with one attached hydrogen (secondary N) is 1. The number of ether oxygens (including phenoxy) is 1. The van der Waals surface area contributed by atoms with Gasteiger partial charge in [-0.1, -0.05) is 24.3 Å². The average molecular weight is 511 g/mol. The van der Waals surface area contributed by atoms with Crippen LogP contribution < -0.4 is 10.2 Å². The van der Waals surface area contributed by atoms with E-state index in [1.807, 2.05) is 30.3 Å². The van der Waals surface area contributed by atoms with Crippen LogP contribution in [0, 0.1) is 0 Å². The molecule has 0 atom stereocenters. The van der Waals surface area contributed by atoms with Crippen LogP contribution >= 0.6 is 0 Å². The third-order valence-corrected chi connectivity index (χ3v) is 7.73. The Kier molecular flexibility index (Phi) is 8.21. The number of hydroxylamine groups is 1. The molecule has 0 radical (unpaired) electrons. The Hall–Kier alpha value is -3.44. The number of aromatic nitrogens is 1. The van der Waals surface area contributed by atoms with Crippen molar-refractivity contribution in [2.45, 2.75) is 4.90 Å². The predicted octanol–water partition coefficient (Wildman–Crippen LogP) is 2.54. The normalized spacial score (nSPS) is 15.3. The maximum atomic E-state index is 13.1. The average Bonchev–Trinajstić information content (AvgIpc) is 3.39. The lowest BCUT2D eigenvalue weighted by Gasteiger charge is -2.32. The second-order valence-electron chi connectivity index (χ2n) is 8.63. The van der Waals surface area contributed by atoms with Crippen LogP contribution in [0.1, 0.15) is 5.56 Å². The second kappa shape index (κ2) is 11.5. The number of likely N-dealkylation sites (N-methyl/N-ethyl adjacent to an activating group) is 1. The van der Waals surface area contributed by atoms with E-state index < -0.39 is 15.9 Å². The van der Waals surface area contributed by atoms with Gasteiger partial charge in [-0.25, -0.2) is 17.9 Å². The molecule has 10 heteroatoms. The third kappa shape index (κ3) is 6.41. The van der Waals surface area contributed by atoms with Crippen LogP contribution in [0.5, 0.6) is 5.75 Å². The number of hydrogen-bond acceptors (Lipinski definition) is 7. The van der Waals surface area contributed by atoms with Crippen molar-refractivity contribution in [3.05, 3.63) is 78.6 Å². The van der Waals surface area contributed by atoms with Crippen LogP contribution in [0.25, 0.3) is 17.2 Å². The molecule has 2 aromatic carbocycles. The summed E-state index contributed by atoms with van der Waals surface area (Å²) < 4.78 is 33.3. The maximum Gasteiger partial charge on any atom is 0.267 e. The molecule has 0 aliphatic carbocycles. The van der Waals surface area contributed by atoms with E-state index in [4.69, 9.17) is 9.94 Å². The van der Waals surface area contributed by atoms with Crippen molar-refractivity contribution in [2.24, 2.45) is 0 Å². The summed E-state index contributed by atoms with van der Waals surface area (Å²) in [6.45, 7) is 5.78. The van der Waals surface area contributed by atoms with Gasteiger partial charge in [-0.05, 0) is 60.1 Å². The molecule has 1 aliphatic heterocycles. The number of carbonyl (C=O) groups is 1. The van der Waals surface area contributed by atoms with Crippen molar-refractivity contribution in [2.75, 3.05) is 46.4 Å². The molecule has 36 heavy (non-hydrogen) atoms. The van der Waals surface area contributed by atoms with Gasteiger partial charge in [0.1, 0.15) is 12.4 Å². The van der Waals surface area contributed by atoms with E-state index in [2.05, 4.69) is 16.8 Å². The molecule has 1 aromatic heterocycles. The fourth-order valence-electron chi connectivity index (χ4n) is 3.92. The summed E-state index contributed by atoms with van der Waals surface area (Å²) >= 11 is 0. The molecule has 4 rings (SSSR count). The zero-order chi connectivity index (χ0) is 25.5. The Morgan fingerprint density at radius 2 is 1.81 bits per heavy atom. The van der Waals surface area contributed by atoms with Crippen LogP contribution in [0.15, 0.2) is 78.0 Å². The molecule has 1 aliphatic rings. The van der Waals surface area contributed by atoms with Gasteiger partial charge in [0.2, 0.25) is 0 Å². The SMILES string of the molecule is CN1CCN(CCOc2ccc(-c3cccc(S(=O)(=O)n4ccc(C=CC(=O)NO)c4)c3)cc2)CC1. The number of benzene rings is 2. The predicted molar refractivity (Wildman–Crippen MR) is 137 cm³/mol. The van der Waals surface area contributed by atoms with Crippen LogP contribution in [0.3, 0.4) is 0 Å². The van der Waals surface area contributed by atoms with Gasteiger partial charge in [-0.3, -0.25) is 14.9 Å². The molecular formula is C26H30N4O5S. The molecule has 2 heterocycles. The van der Waals surface area contributed by atoms with Gasteiger partial charge in [0.15, 0.2) is 0 Å². The molecule has 0 unspecified atom stereocenters. The lowest BCUT2D eigenvalue weighted by Crippen LogP contribution is -2.45. The molecule has 190 valence electrons. The highest BCUT2D eigenvalue weighted by Gasteiger charge is 2.17. The number of carbonyl (C=O) groups excluding carboxylic acids is 1. The van der Waals surface area contributed by atoms with Crippen molar-refractivity contribution in [1.82, 2.24) is 19.3 Å². The monoisotopic (exact) mass is 510 g/mol. The Morgan fingerprint density at radius 1 is 1.06 bits per heavy atom. The largest absolute Gasteiger partial charge is 0.492 e. The molecule has 1 saturated heterocycles. The first-order valence-corrected chi connectivity index (χ1v) is 13.1. The van der Waals surface area contributed by atoms with Gasteiger partial charge in [0.05, 0.1) is 4.90 Å². The minimum atomic E-state index is -3.83. The van der Waals surface area contributed by atoms with Gasteiger partial charge in [0, 0.05) is 51.2 Å². The molecule has 0 bridgehead atoms. The lowest BCUT2D eigenvalue weighted by atomic mass is 10.1. The van der Waals surface area contributed by atoms with Crippen molar-refractivity contribution in [3.63, 3.8) is 0 Å². The summed E-state index contributed by atoms with van der Waals surface area (Å²) in [4.78, 5) is 16.0. The van der Waals surface area contributed by atoms with Crippen LogP contribution in [0.2, 0.25) is 0 Å². The van der Waals surface area contributed by atoms with E-state index in [0.717, 1.165) is 59.6 Å². The van der Waals surface area contributed by atoms with Crippen molar-refractivity contribution >= 4 is 22.0 Å². The highest BCUT2D eigenvalue weighted by molar-refractivity contribution is 7.90. The Labute approximate surface area is 211 Å². The van der Waals surface area contributed by atoms with Crippen molar-refractivity contribution in [1.29, 1.82) is 0 Å². The minimum Gasteiger partial charge on any atom is -0.492 e. The molecule has 1 amide bonds. The summed E-state index contributed by atoms with van der Waals surface area (Å²) in [7, 11) is -1.69. The quantitative estimate of drug-likeness (QED) is 0.259. The highest BCUT2D eigenvalue weighted by atomic mass is 32.2. The summed E-state index contributed by atoms with van der Waals surface area (Å²) in [5.41, 5.74) is 3.64. The Morgan fingerprint density at radius 3 is 2.53 bits per heavy atom. The van der Waals surface area contributed by atoms with Gasteiger partial charge in [-0.2, -0.15) is 0 Å². The number of nitrogens with zero attached hydrogens (tertiary/aromatic N) is 3. The first-order valence-electron chi connectivity index (χ1n) is 11.6. The van der Waals surface area contributed by atoms with Crippen LogP contribution in [-0.2, 0) is 14.8 Å². The number of hydrogen-bond donors (Lipinski definition) is 2. The van der Waals surface area contributed by atoms with E-state index in [1.165, 1.54) is 23.9 Å². The van der Waals surface area contributed by atoms with Gasteiger partial charge >= 0.3 is 0 Å². The molecule has 1 fully saturated rings. The van der Waals surface area contributed by atoms with Crippen molar-refractivity contribution in [3.8, 4) is 16.9 Å². The topological polar surface area (TPSA) is 104 Å². The van der Waals surface area contributed by atoms with Gasteiger partial charge in [-0.15, -0.1) is 0 Å². The summed E-state index contributed by atoms with van der Waals surface area (Å²) in [5.74, 6) is 0.0733. The fourth-order valence-corrected chi connectivity index (χ4v) is 5.17. The Bertz CT molecular complexity index is 1310. The fraction of sp³-hybridized carbons (Fsp3) is 0.269. The molecular weight excluding hydrogens is 480 g/mol. The standard InChI is InChI=1S/C26H30N4O5S/c1-28-13-15-29(16-14-28)17-18-35-24-8-6-22(7-9-24)23-3-2-4-25(19-23)36(33,34)30-12-11-21(20-30)5-10-26(31)27-32/h2-12,19-20,32H,13-18H2,1H3,(H,27,31). The molecule has 9 nitrogen and oxygen atoms in total. The first-order chi connectivity index (χ1) is 17.3. The maximum absolute atomic E-state index is 13.1. The summed E-state index contributed by atoms with van der Waals surface area (Å²) in [6.07, 6.45) is 5.32. The molecule has 2 N–H and O–H groups in total. The molecule has 3 aromatic rings. The van der Waals surface area contributed by atoms with Gasteiger partial charge < -0.3 is 9.64 Å². The molecule has 0 spiro atoms. The van der Waals surface area contributed by atoms with Crippen LogP contribution in [-0.4, -0.2) is 79.7 Å². The van der Waals surface area contributed by atoms with E-state index in [0.29, 0.717) is 12.2 Å². The van der Waals surface area contributed by atoms with E-state index in [-0.39, 0.29) is 4.90 Å². The second-order valence-corrected chi connectivity index (χ2v) is 10.5. The number of piperazine rings is 1. The third-order valence-electron chi connectivity index (χ3n) is 6.10. The zero-order valence-electron chi connectivity index (χ0n) is 20.1. The van der Waals surface area contributed by atoms with E-state index in [9.17, 15) is 13.2 Å².